The van der Waals surface area contributed by atoms with Crippen LogP contribution in [0, 0.1) is 5.82 Å². The number of fused-ring (bicyclic) bond motifs is 1. The Balaban J connectivity index is 1.37. The van der Waals surface area contributed by atoms with Gasteiger partial charge in [0.2, 0.25) is 0 Å². The number of para-hydroxylation sites is 1. The maximum Gasteiger partial charge on any atom is 0.163 e. The predicted octanol–water partition coefficient (Wildman–Crippen LogP) is 5.42. The lowest BCUT2D eigenvalue weighted by Gasteiger charge is -2.11. The lowest BCUT2D eigenvalue weighted by atomic mass is 10.0. The molecule has 1 aliphatic rings. The fraction of sp³-hybridized carbons (Fsp3) is 0.192. The third-order valence-corrected chi connectivity index (χ3v) is 5.21. The Kier molecular flexibility index (Phi) is 6.14. The average molecular weight is 418 g/mol. The van der Waals surface area contributed by atoms with Gasteiger partial charge in [0.25, 0.3) is 0 Å². The van der Waals surface area contributed by atoms with Gasteiger partial charge in [-0.1, -0.05) is 42.5 Å². The van der Waals surface area contributed by atoms with Crippen molar-refractivity contribution in [2.75, 3.05) is 6.61 Å². The van der Waals surface area contributed by atoms with Crippen LogP contribution < -0.4 is 4.74 Å². The molecule has 0 saturated heterocycles. The molecule has 0 radical (unpaired) electrons. The van der Waals surface area contributed by atoms with Gasteiger partial charge in [0.05, 0.1) is 18.8 Å². The van der Waals surface area contributed by atoms with Crippen LogP contribution >= 0.6 is 0 Å². The summed E-state index contributed by atoms with van der Waals surface area (Å²) in [6.07, 6.45) is 4.37. The summed E-state index contributed by atoms with van der Waals surface area (Å²) in [5.74, 6) is 0.406. The van der Waals surface area contributed by atoms with E-state index in [-0.39, 0.29) is 23.5 Å². The first-order valence-electron chi connectivity index (χ1n) is 10.1. The Morgan fingerprint density at radius 1 is 1.16 bits per heavy atom. The van der Waals surface area contributed by atoms with Gasteiger partial charge in [-0.15, -0.1) is 0 Å². The van der Waals surface area contributed by atoms with E-state index < -0.39 is 0 Å². The first-order valence-corrected chi connectivity index (χ1v) is 10.1. The number of hydrogen-bond donors (Lipinski definition) is 1. The quantitative estimate of drug-likeness (QED) is 0.411. The summed E-state index contributed by atoms with van der Waals surface area (Å²) in [7, 11) is 0. The van der Waals surface area contributed by atoms with E-state index in [1.165, 1.54) is 19.1 Å². The monoisotopic (exact) mass is 418 g/mol. The summed E-state index contributed by atoms with van der Waals surface area (Å²) >= 11 is 0. The lowest BCUT2D eigenvalue weighted by molar-refractivity contribution is 0.0510. The molecular formula is C26H23FO4. The molecule has 1 N–H and O–H groups in total. The standard InChI is InChI=1S/C26H23FO4/c1-17(28)24-4-2-3-20(26(24)29)9-5-18-8-12-25-21(13-18)14-23(31-25)16-30-15-19-6-10-22(27)11-7-19/h2-13,23,29H,14-16H2,1H3. The van der Waals surface area contributed by atoms with Crippen LogP contribution in [0.5, 0.6) is 11.5 Å². The van der Waals surface area contributed by atoms with Crippen molar-refractivity contribution in [3.63, 3.8) is 0 Å². The summed E-state index contributed by atoms with van der Waals surface area (Å²) in [5.41, 5.74) is 3.90. The Bertz CT molecular complexity index is 1120. The predicted molar refractivity (Wildman–Crippen MR) is 118 cm³/mol. The molecule has 0 spiro atoms. The van der Waals surface area contributed by atoms with Gasteiger partial charge in [0.1, 0.15) is 23.4 Å². The lowest BCUT2D eigenvalue weighted by Crippen LogP contribution is -2.20. The Morgan fingerprint density at radius 3 is 2.74 bits per heavy atom. The third kappa shape index (κ3) is 5.01. The zero-order valence-corrected chi connectivity index (χ0v) is 17.2. The van der Waals surface area contributed by atoms with Crippen LogP contribution in [-0.4, -0.2) is 23.6 Å². The largest absolute Gasteiger partial charge is 0.507 e. The number of benzene rings is 3. The van der Waals surface area contributed by atoms with Crippen LogP contribution in [0.3, 0.4) is 0 Å². The summed E-state index contributed by atoms with van der Waals surface area (Å²) < 4.78 is 24.7. The third-order valence-electron chi connectivity index (χ3n) is 5.21. The van der Waals surface area contributed by atoms with E-state index in [1.807, 2.05) is 18.2 Å². The van der Waals surface area contributed by atoms with Gasteiger partial charge in [0.15, 0.2) is 5.78 Å². The number of aromatic hydroxyl groups is 1. The van der Waals surface area contributed by atoms with Crippen molar-refractivity contribution in [3.8, 4) is 11.5 Å². The zero-order valence-electron chi connectivity index (χ0n) is 17.2. The van der Waals surface area contributed by atoms with Crippen LogP contribution in [0.15, 0.2) is 60.7 Å². The number of carbonyl (C=O) groups excluding carboxylic acids is 1. The topological polar surface area (TPSA) is 55.8 Å². The van der Waals surface area contributed by atoms with Crippen LogP contribution in [0.1, 0.15) is 39.5 Å². The summed E-state index contributed by atoms with van der Waals surface area (Å²) in [6.45, 7) is 2.29. The molecule has 3 aromatic rings. The van der Waals surface area contributed by atoms with Crippen molar-refractivity contribution < 1.29 is 23.8 Å². The van der Waals surface area contributed by atoms with Crippen LogP contribution in [0.2, 0.25) is 0 Å². The maximum atomic E-state index is 13.0. The first kappa shape index (κ1) is 20.8. The van der Waals surface area contributed by atoms with Crippen LogP contribution in [0.25, 0.3) is 12.2 Å². The number of rotatable bonds is 7. The molecule has 0 bridgehead atoms. The molecular weight excluding hydrogens is 395 g/mol. The van der Waals surface area contributed by atoms with Gasteiger partial charge < -0.3 is 14.6 Å². The second-order valence-electron chi connectivity index (χ2n) is 7.59. The van der Waals surface area contributed by atoms with Gasteiger partial charge >= 0.3 is 0 Å². The van der Waals surface area contributed by atoms with Crippen LogP contribution in [-0.2, 0) is 17.8 Å². The smallest absolute Gasteiger partial charge is 0.163 e. The number of hydrogen-bond acceptors (Lipinski definition) is 4. The molecule has 0 saturated carbocycles. The number of Topliss-reactive ketones (excluding diaryl/α,β-unsaturated/α-hetero) is 1. The fourth-order valence-corrected chi connectivity index (χ4v) is 3.59. The highest BCUT2D eigenvalue weighted by molar-refractivity contribution is 5.98. The molecule has 0 fully saturated rings. The minimum Gasteiger partial charge on any atom is -0.507 e. The molecule has 1 heterocycles. The van der Waals surface area contributed by atoms with E-state index in [9.17, 15) is 14.3 Å². The highest BCUT2D eigenvalue weighted by Crippen LogP contribution is 2.31. The minimum atomic E-state index is -0.259. The average Bonchev–Trinajstić information content (AvgIpc) is 3.16. The first-order chi connectivity index (χ1) is 15.0. The Morgan fingerprint density at radius 2 is 1.97 bits per heavy atom. The van der Waals surface area contributed by atoms with Gasteiger partial charge in [-0.05, 0) is 53.9 Å². The SMILES string of the molecule is CC(=O)c1cccc(C=Cc2ccc3c(c2)CC(COCc2ccc(F)cc2)O3)c1O. The van der Waals surface area contributed by atoms with Crippen molar-refractivity contribution >= 4 is 17.9 Å². The zero-order chi connectivity index (χ0) is 21.8. The number of phenolic OH excluding ortho intramolecular Hbond substituents is 1. The number of carbonyl (C=O) groups is 1. The van der Waals surface area contributed by atoms with Crippen molar-refractivity contribution in [2.45, 2.75) is 26.1 Å². The van der Waals surface area contributed by atoms with E-state index in [4.69, 9.17) is 9.47 Å². The second kappa shape index (κ2) is 9.14. The van der Waals surface area contributed by atoms with E-state index in [1.54, 1.807) is 36.4 Å². The highest BCUT2D eigenvalue weighted by atomic mass is 19.1. The second-order valence-corrected chi connectivity index (χ2v) is 7.59. The van der Waals surface area contributed by atoms with Gasteiger partial charge in [0, 0.05) is 12.0 Å². The van der Waals surface area contributed by atoms with Crippen molar-refractivity contribution in [1.29, 1.82) is 0 Å². The summed E-state index contributed by atoms with van der Waals surface area (Å²) in [4.78, 5) is 11.6. The molecule has 158 valence electrons. The molecule has 0 aliphatic carbocycles. The Hall–Kier alpha value is -3.44. The highest BCUT2D eigenvalue weighted by Gasteiger charge is 2.23. The minimum absolute atomic E-state index is 0.00545. The molecule has 4 rings (SSSR count). The van der Waals surface area contributed by atoms with E-state index in [0.717, 1.165) is 28.9 Å². The van der Waals surface area contributed by atoms with Crippen molar-refractivity contribution in [1.82, 2.24) is 0 Å². The number of phenols is 1. The van der Waals surface area contributed by atoms with Crippen molar-refractivity contribution in [3.05, 3.63) is 94.3 Å². The van der Waals surface area contributed by atoms with E-state index >= 15 is 0 Å². The summed E-state index contributed by atoms with van der Waals surface area (Å²) in [5, 5.41) is 10.3. The summed E-state index contributed by atoms with van der Waals surface area (Å²) in [6, 6.07) is 17.3. The molecule has 31 heavy (non-hydrogen) atoms. The van der Waals surface area contributed by atoms with Crippen molar-refractivity contribution in [2.24, 2.45) is 0 Å². The molecule has 3 aromatic carbocycles. The number of halogens is 1. The van der Waals surface area contributed by atoms with Gasteiger partial charge in [-0.3, -0.25) is 4.79 Å². The van der Waals surface area contributed by atoms with E-state index in [2.05, 4.69) is 6.07 Å². The molecule has 1 atom stereocenters. The number of ether oxygens (including phenoxy) is 2. The van der Waals surface area contributed by atoms with Gasteiger partial charge in [-0.25, -0.2) is 4.39 Å². The number of ketones is 1. The molecule has 4 nitrogen and oxygen atoms in total. The molecule has 1 unspecified atom stereocenters. The normalized spacial score (nSPS) is 15.1. The molecule has 0 aromatic heterocycles. The fourth-order valence-electron chi connectivity index (χ4n) is 3.59. The van der Waals surface area contributed by atoms with Crippen LogP contribution in [0.4, 0.5) is 4.39 Å². The molecule has 0 amide bonds. The van der Waals surface area contributed by atoms with E-state index in [0.29, 0.717) is 24.3 Å². The Labute approximate surface area is 180 Å². The molecule has 5 heteroatoms. The maximum absolute atomic E-state index is 13.0. The molecule has 1 aliphatic heterocycles. The van der Waals surface area contributed by atoms with Gasteiger partial charge in [-0.2, -0.15) is 0 Å².